The van der Waals surface area contributed by atoms with Crippen LogP contribution in [0.5, 0.6) is 0 Å². The molecule has 1 aliphatic rings. The Hall–Kier alpha value is -1.84. The monoisotopic (exact) mass is 302 g/mol. The topological polar surface area (TPSA) is 40.6 Å². The van der Waals surface area contributed by atoms with E-state index in [0.29, 0.717) is 19.5 Å². The van der Waals surface area contributed by atoms with Gasteiger partial charge in [-0.3, -0.25) is 9.59 Å². The highest BCUT2D eigenvalue weighted by molar-refractivity contribution is 5.89. The van der Waals surface area contributed by atoms with Crippen molar-refractivity contribution >= 4 is 11.8 Å². The fourth-order valence-electron chi connectivity index (χ4n) is 2.84. The van der Waals surface area contributed by atoms with Crippen LogP contribution >= 0.6 is 0 Å². The van der Waals surface area contributed by atoms with Crippen molar-refractivity contribution in [2.24, 2.45) is 5.92 Å². The summed E-state index contributed by atoms with van der Waals surface area (Å²) in [5, 5.41) is 0. The first-order valence-corrected chi connectivity index (χ1v) is 8.11. The summed E-state index contributed by atoms with van der Waals surface area (Å²) >= 11 is 0. The molecule has 22 heavy (non-hydrogen) atoms. The lowest BCUT2D eigenvalue weighted by Crippen LogP contribution is -2.40. The second-order valence-corrected chi connectivity index (χ2v) is 6.18. The molecule has 0 aliphatic carbocycles. The molecule has 4 heteroatoms. The number of carbonyl (C=O) groups is 2. The zero-order valence-corrected chi connectivity index (χ0v) is 13.8. The Balaban J connectivity index is 1.89. The number of rotatable bonds is 6. The molecule has 0 saturated carbocycles. The zero-order chi connectivity index (χ0) is 16.1. The second kappa shape index (κ2) is 7.43. The smallest absolute Gasteiger partial charge is 0.227 e. The summed E-state index contributed by atoms with van der Waals surface area (Å²) in [6.07, 6.45) is 2.13. The van der Waals surface area contributed by atoms with Crippen molar-refractivity contribution in [3.8, 4) is 0 Å². The van der Waals surface area contributed by atoms with Crippen molar-refractivity contribution < 1.29 is 9.59 Å². The van der Waals surface area contributed by atoms with Crippen LogP contribution in [0.4, 0.5) is 0 Å². The third-order valence-corrected chi connectivity index (χ3v) is 4.68. The number of benzene rings is 1. The van der Waals surface area contributed by atoms with Crippen molar-refractivity contribution in [2.75, 3.05) is 20.1 Å². The highest BCUT2D eigenvalue weighted by Crippen LogP contribution is 2.21. The number of carbonyl (C=O) groups excluding carboxylic acids is 2. The van der Waals surface area contributed by atoms with E-state index in [1.165, 1.54) is 5.56 Å². The van der Waals surface area contributed by atoms with Gasteiger partial charge in [-0.05, 0) is 25.3 Å². The van der Waals surface area contributed by atoms with Crippen molar-refractivity contribution in [2.45, 2.75) is 39.2 Å². The van der Waals surface area contributed by atoms with Crippen molar-refractivity contribution in [1.82, 2.24) is 9.80 Å². The van der Waals surface area contributed by atoms with Gasteiger partial charge in [-0.15, -0.1) is 0 Å². The lowest BCUT2D eigenvalue weighted by molar-refractivity contribution is -0.136. The number of nitrogens with zero attached hydrogens (tertiary/aromatic N) is 2. The molecule has 0 radical (unpaired) electrons. The normalized spacial score (nSPS) is 19.3. The average Bonchev–Trinajstić information content (AvgIpc) is 2.92. The fourth-order valence-corrected chi connectivity index (χ4v) is 2.84. The molecule has 1 aliphatic heterocycles. The van der Waals surface area contributed by atoms with E-state index < -0.39 is 0 Å². The van der Waals surface area contributed by atoms with E-state index in [1.807, 2.05) is 37.1 Å². The molecule has 2 unspecified atom stereocenters. The maximum absolute atomic E-state index is 12.5. The molecule has 0 bridgehead atoms. The molecule has 0 aromatic heterocycles. The van der Waals surface area contributed by atoms with Gasteiger partial charge < -0.3 is 9.80 Å². The van der Waals surface area contributed by atoms with Gasteiger partial charge in [-0.25, -0.2) is 0 Å². The van der Waals surface area contributed by atoms with Gasteiger partial charge in [0.05, 0.1) is 5.92 Å². The van der Waals surface area contributed by atoms with E-state index in [0.717, 1.165) is 12.8 Å². The number of hydrogen-bond donors (Lipinski definition) is 0. The minimum atomic E-state index is -0.178. The molecule has 1 aromatic rings. The first-order chi connectivity index (χ1) is 10.5. The molecule has 4 nitrogen and oxygen atoms in total. The van der Waals surface area contributed by atoms with Gasteiger partial charge in [0.25, 0.3) is 0 Å². The van der Waals surface area contributed by atoms with Crippen molar-refractivity contribution in [1.29, 1.82) is 0 Å². The number of likely N-dealkylation sites (tertiary alicyclic amines) is 1. The zero-order valence-electron chi connectivity index (χ0n) is 13.8. The SMILES string of the molecule is CCC(C)N(C)C(=O)C1CC(=O)N(CCc2ccccc2)C1. The Morgan fingerprint density at radius 2 is 2.05 bits per heavy atom. The van der Waals surface area contributed by atoms with Crippen LogP contribution in [0, 0.1) is 5.92 Å². The number of amides is 2. The van der Waals surface area contributed by atoms with E-state index >= 15 is 0 Å². The molecule has 120 valence electrons. The largest absolute Gasteiger partial charge is 0.343 e. The Morgan fingerprint density at radius 1 is 1.36 bits per heavy atom. The Morgan fingerprint density at radius 3 is 2.68 bits per heavy atom. The highest BCUT2D eigenvalue weighted by atomic mass is 16.2. The maximum Gasteiger partial charge on any atom is 0.227 e. The predicted octanol–water partition coefficient (Wildman–Crippen LogP) is 2.33. The lowest BCUT2D eigenvalue weighted by atomic mass is 10.1. The van der Waals surface area contributed by atoms with E-state index in [9.17, 15) is 9.59 Å². The van der Waals surface area contributed by atoms with Crippen LogP contribution < -0.4 is 0 Å². The van der Waals surface area contributed by atoms with E-state index in [-0.39, 0.29) is 23.8 Å². The predicted molar refractivity (Wildman–Crippen MR) is 87.4 cm³/mol. The van der Waals surface area contributed by atoms with Crippen LogP contribution in [-0.2, 0) is 16.0 Å². The maximum atomic E-state index is 12.5. The Bertz CT molecular complexity index is 515. The van der Waals surface area contributed by atoms with Crippen LogP contribution in [0.25, 0.3) is 0 Å². The van der Waals surface area contributed by atoms with E-state index in [4.69, 9.17) is 0 Å². The standard InChI is InChI=1S/C18H26N2O2/c1-4-14(2)19(3)18(22)16-12-17(21)20(13-16)11-10-15-8-6-5-7-9-15/h5-9,14,16H,4,10-13H2,1-3H3. The summed E-state index contributed by atoms with van der Waals surface area (Å²) in [5.41, 5.74) is 1.22. The summed E-state index contributed by atoms with van der Waals surface area (Å²) in [5.74, 6) is 0.0269. The molecule has 2 amide bonds. The molecule has 2 rings (SSSR count). The van der Waals surface area contributed by atoms with Gasteiger partial charge >= 0.3 is 0 Å². The molecule has 0 spiro atoms. The van der Waals surface area contributed by atoms with Gasteiger partial charge in [0, 0.05) is 32.6 Å². The molecule has 1 saturated heterocycles. The highest BCUT2D eigenvalue weighted by Gasteiger charge is 2.36. The summed E-state index contributed by atoms with van der Waals surface area (Å²) in [4.78, 5) is 28.2. The van der Waals surface area contributed by atoms with Gasteiger partial charge in [0.15, 0.2) is 0 Å². The average molecular weight is 302 g/mol. The Kier molecular flexibility index (Phi) is 5.58. The lowest BCUT2D eigenvalue weighted by Gasteiger charge is -2.26. The minimum absolute atomic E-state index is 0.102. The van der Waals surface area contributed by atoms with Crippen LogP contribution in [0.15, 0.2) is 30.3 Å². The van der Waals surface area contributed by atoms with Gasteiger partial charge in [-0.1, -0.05) is 37.3 Å². The third kappa shape index (κ3) is 3.87. The van der Waals surface area contributed by atoms with Crippen molar-refractivity contribution in [3.63, 3.8) is 0 Å². The molecule has 0 N–H and O–H groups in total. The molecule has 2 atom stereocenters. The van der Waals surface area contributed by atoms with Gasteiger partial charge in [0.2, 0.25) is 11.8 Å². The third-order valence-electron chi connectivity index (χ3n) is 4.68. The minimum Gasteiger partial charge on any atom is -0.343 e. The quantitative estimate of drug-likeness (QED) is 0.809. The summed E-state index contributed by atoms with van der Waals surface area (Å²) in [6.45, 7) is 5.37. The molecular formula is C18H26N2O2. The van der Waals surface area contributed by atoms with E-state index in [2.05, 4.69) is 19.1 Å². The fraction of sp³-hybridized carbons (Fsp3) is 0.556. The molecule has 1 fully saturated rings. The molecular weight excluding hydrogens is 276 g/mol. The van der Waals surface area contributed by atoms with Crippen LogP contribution in [0.2, 0.25) is 0 Å². The van der Waals surface area contributed by atoms with Crippen molar-refractivity contribution in [3.05, 3.63) is 35.9 Å². The number of hydrogen-bond acceptors (Lipinski definition) is 2. The molecule has 1 heterocycles. The van der Waals surface area contributed by atoms with Gasteiger partial charge in [-0.2, -0.15) is 0 Å². The Labute approximate surface area is 133 Å². The summed E-state index contributed by atoms with van der Waals surface area (Å²) in [7, 11) is 1.84. The second-order valence-electron chi connectivity index (χ2n) is 6.18. The van der Waals surface area contributed by atoms with Crippen LogP contribution in [0.1, 0.15) is 32.3 Å². The first kappa shape index (κ1) is 16.5. The van der Waals surface area contributed by atoms with Crippen LogP contribution in [0.3, 0.4) is 0 Å². The summed E-state index contributed by atoms with van der Waals surface area (Å²) < 4.78 is 0. The first-order valence-electron chi connectivity index (χ1n) is 8.11. The van der Waals surface area contributed by atoms with Gasteiger partial charge in [0.1, 0.15) is 0 Å². The van der Waals surface area contributed by atoms with E-state index in [1.54, 1.807) is 4.90 Å². The van der Waals surface area contributed by atoms with Crippen LogP contribution in [-0.4, -0.2) is 47.8 Å². The molecule has 1 aromatic carbocycles. The summed E-state index contributed by atoms with van der Waals surface area (Å²) in [6, 6.07) is 10.4.